The number of thiazole rings is 1. The third-order valence-electron chi connectivity index (χ3n) is 2.55. The minimum Gasteiger partial charge on any atom is -0.330 e. The van der Waals surface area contributed by atoms with Crippen molar-refractivity contribution in [3.05, 3.63) is 50.4 Å². The van der Waals surface area contributed by atoms with Gasteiger partial charge in [0.15, 0.2) is 0 Å². The minimum atomic E-state index is 0.243. The predicted octanol–water partition coefficient (Wildman–Crippen LogP) is 3.73. The van der Waals surface area contributed by atoms with Gasteiger partial charge in [-0.05, 0) is 24.1 Å². The number of hydrogen-bond acceptors (Lipinski definition) is 3. The lowest BCUT2D eigenvalue weighted by atomic mass is 10.0. The first kappa shape index (κ1) is 12.8. The third kappa shape index (κ3) is 3.19. The molecular formula is C12H12Cl2N2S. The summed E-state index contributed by atoms with van der Waals surface area (Å²) in [7, 11) is 0. The van der Waals surface area contributed by atoms with Crippen molar-refractivity contribution in [1.82, 2.24) is 4.98 Å². The van der Waals surface area contributed by atoms with Crippen LogP contribution >= 0.6 is 34.5 Å². The van der Waals surface area contributed by atoms with Crippen LogP contribution in [0, 0.1) is 0 Å². The van der Waals surface area contributed by atoms with Crippen molar-refractivity contribution in [2.45, 2.75) is 12.3 Å². The average molecular weight is 287 g/mol. The van der Waals surface area contributed by atoms with Crippen molar-refractivity contribution >= 4 is 34.5 Å². The van der Waals surface area contributed by atoms with Crippen LogP contribution in [-0.2, 0) is 6.42 Å². The van der Waals surface area contributed by atoms with Crippen molar-refractivity contribution in [3.8, 4) is 0 Å². The molecule has 2 aromatic rings. The standard InChI is InChI=1S/C12H12Cl2N2S/c13-10-2-1-8(6-11(10)14)5-9(7-15)12-16-3-4-17-12/h1-4,6,9H,5,7,15H2. The molecule has 1 atom stereocenters. The van der Waals surface area contributed by atoms with E-state index in [0.29, 0.717) is 16.6 Å². The highest BCUT2D eigenvalue weighted by Gasteiger charge is 2.13. The maximum Gasteiger partial charge on any atom is 0.0971 e. The molecule has 2 nitrogen and oxygen atoms in total. The van der Waals surface area contributed by atoms with Gasteiger partial charge in [-0.15, -0.1) is 11.3 Å². The molecule has 0 aliphatic rings. The van der Waals surface area contributed by atoms with Crippen LogP contribution in [0.1, 0.15) is 16.5 Å². The fourth-order valence-corrected chi connectivity index (χ4v) is 2.73. The molecule has 2 rings (SSSR count). The largest absolute Gasteiger partial charge is 0.330 e. The normalized spacial score (nSPS) is 12.6. The molecule has 2 N–H and O–H groups in total. The molecule has 0 aliphatic heterocycles. The Morgan fingerprint density at radius 2 is 2.12 bits per heavy atom. The number of nitrogens with two attached hydrogens (primary N) is 1. The van der Waals surface area contributed by atoms with E-state index in [1.54, 1.807) is 17.5 Å². The van der Waals surface area contributed by atoms with Gasteiger partial charge in [0, 0.05) is 24.0 Å². The molecule has 1 aromatic carbocycles. The van der Waals surface area contributed by atoms with Crippen LogP contribution in [-0.4, -0.2) is 11.5 Å². The van der Waals surface area contributed by atoms with Crippen LogP contribution < -0.4 is 5.73 Å². The summed E-state index contributed by atoms with van der Waals surface area (Å²) >= 11 is 13.5. The Bertz CT molecular complexity index is 485. The molecule has 0 fully saturated rings. The van der Waals surface area contributed by atoms with E-state index in [9.17, 15) is 0 Å². The number of hydrogen-bond donors (Lipinski definition) is 1. The zero-order valence-electron chi connectivity index (χ0n) is 9.07. The van der Waals surface area contributed by atoms with E-state index in [-0.39, 0.29) is 5.92 Å². The molecule has 1 unspecified atom stereocenters. The molecule has 0 saturated carbocycles. The van der Waals surface area contributed by atoms with Crippen molar-refractivity contribution in [2.75, 3.05) is 6.54 Å². The van der Waals surface area contributed by atoms with Gasteiger partial charge in [0.1, 0.15) is 0 Å². The van der Waals surface area contributed by atoms with E-state index in [2.05, 4.69) is 4.98 Å². The molecule has 90 valence electrons. The fraction of sp³-hybridized carbons (Fsp3) is 0.250. The molecule has 5 heteroatoms. The number of benzene rings is 1. The quantitative estimate of drug-likeness (QED) is 0.930. The zero-order valence-corrected chi connectivity index (χ0v) is 11.4. The van der Waals surface area contributed by atoms with Gasteiger partial charge in [-0.1, -0.05) is 29.3 Å². The highest BCUT2D eigenvalue weighted by atomic mass is 35.5. The van der Waals surface area contributed by atoms with Crippen molar-refractivity contribution in [3.63, 3.8) is 0 Å². The highest BCUT2D eigenvalue weighted by Crippen LogP contribution is 2.26. The monoisotopic (exact) mass is 286 g/mol. The summed E-state index contributed by atoms with van der Waals surface area (Å²) in [6.45, 7) is 0.577. The summed E-state index contributed by atoms with van der Waals surface area (Å²) in [5, 5.41) is 4.19. The number of halogens is 2. The van der Waals surface area contributed by atoms with Gasteiger partial charge in [0.25, 0.3) is 0 Å². The van der Waals surface area contributed by atoms with Crippen LogP contribution in [0.5, 0.6) is 0 Å². The van der Waals surface area contributed by atoms with Crippen LogP contribution in [0.3, 0.4) is 0 Å². The van der Waals surface area contributed by atoms with Gasteiger partial charge in [-0.3, -0.25) is 0 Å². The number of rotatable bonds is 4. The minimum absolute atomic E-state index is 0.243. The topological polar surface area (TPSA) is 38.9 Å². The molecule has 0 aliphatic carbocycles. The average Bonchev–Trinajstić information content (AvgIpc) is 2.84. The van der Waals surface area contributed by atoms with E-state index in [1.807, 2.05) is 23.6 Å². The Hall–Kier alpha value is -0.610. The van der Waals surface area contributed by atoms with E-state index in [4.69, 9.17) is 28.9 Å². The Labute approximate surface area is 114 Å². The second kappa shape index (κ2) is 5.83. The van der Waals surface area contributed by atoms with Crippen LogP contribution in [0.15, 0.2) is 29.8 Å². The van der Waals surface area contributed by atoms with Gasteiger partial charge in [-0.25, -0.2) is 4.98 Å². The molecule has 1 heterocycles. The maximum absolute atomic E-state index is 5.99. The molecule has 0 bridgehead atoms. The molecule has 0 radical (unpaired) electrons. The van der Waals surface area contributed by atoms with Gasteiger partial charge in [-0.2, -0.15) is 0 Å². The Kier molecular flexibility index (Phi) is 4.40. The van der Waals surface area contributed by atoms with E-state index in [1.165, 1.54) is 0 Å². The van der Waals surface area contributed by atoms with Gasteiger partial charge < -0.3 is 5.73 Å². The molecule has 0 saturated heterocycles. The van der Waals surface area contributed by atoms with Gasteiger partial charge in [0.2, 0.25) is 0 Å². The van der Waals surface area contributed by atoms with E-state index >= 15 is 0 Å². The second-order valence-electron chi connectivity index (χ2n) is 3.76. The summed E-state index contributed by atoms with van der Waals surface area (Å²) in [5.74, 6) is 0.243. The first-order chi connectivity index (χ1) is 8.20. The van der Waals surface area contributed by atoms with Gasteiger partial charge >= 0.3 is 0 Å². The zero-order chi connectivity index (χ0) is 12.3. The summed E-state index contributed by atoms with van der Waals surface area (Å²) in [4.78, 5) is 4.30. The molecule has 1 aromatic heterocycles. The first-order valence-electron chi connectivity index (χ1n) is 5.24. The Balaban J connectivity index is 2.16. The third-order valence-corrected chi connectivity index (χ3v) is 4.23. The lowest BCUT2D eigenvalue weighted by Gasteiger charge is -2.12. The molecule has 17 heavy (non-hydrogen) atoms. The highest BCUT2D eigenvalue weighted by molar-refractivity contribution is 7.09. The molecule has 0 spiro atoms. The summed E-state index contributed by atoms with van der Waals surface area (Å²) < 4.78 is 0. The van der Waals surface area contributed by atoms with Crippen molar-refractivity contribution in [1.29, 1.82) is 0 Å². The van der Waals surface area contributed by atoms with Crippen LogP contribution in [0.25, 0.3) is 0 Å². The summed E-state index contributed by atoms with van der Waals surface area (Å²) in [5.41, 5.74) is 6.92. The first-order valence-corrected chi connectivity index (χ1v) is 6.87. The van der Waals surface area contributed by atoms with E-state index < -0.39 is 0 Å². The summed E-state index contributed by atoms with van der Waals surface area (Å²) in [6.07, 6.45) is 2.64. The Morgan fingerprint density at radius 1 is 1.29 bits per heavy atom. The summed E-state index contributed by atoms with van der Waals surface area (Å²) in [6, 6.07) is 5.68. The van der Waals surface area contributed by atoms with Gasteiger partial charge in [0.05, 0.1) is 15.1 Å². The lowest BCUT2D eigenvalue weighted by Crippen LogP contribution is -2.14. The molecule has 0 amide bonds. The lowest BCUT2D eigenvalue weighted by molar-refractivity contribution is 0.689. The maximum atomic E-state index is 5.99. The fourth-order valence-electron chi connectivity index (χ4n) is 1.66. The van der Waals surface area contributed by atoms with Crippen LogP contribution in [0.2, 0.25) is 10.0 Å². The van der Waals surface area contributed by atoms with E-state index in [0.717, 1.165) is 17.0 Å². The SMILES string of the molecule is NCC(Cc1ccc(Cl)c(Cl)c1)c1nccs1. The molecular weight excluding hydrogens is 275 g/mol. The second-order valence-corrected chi connectivity index (χ2v) is 5.50. The van der Waals surface area contributed by atoms with Crippen molar-refractivity contribution in [2.24, 2.45) is 5.73 Å². The number of nitrogens with zero attached hydrogens (tertiary/aromatic N) is 1. The van der Waals surface area contributed by atoms with Crippen LogP contribution in [0.4, 0.5) is 0 Å². The number of aromatic nitrogens is 1. The smallest absolute Gasteiger partial charge is 0.0971 e. The van der Waals surface area contributed by atoms with Crippen molar-refractivity contribution < 1.29 is 0 Å². The predicted molar refractivity (Wildman–Crippen MR) is 74.1 cm³/mol. The Morgan fingerprint density at radius 3 is 2.71 bits per heavy atom.